The van der Waals surface area contributed by atoms with Crippen LogP contribution in [0.25, 0.3) is 0 Å². The van der Waals surface area contributed by atoms with Gasteiger partial charge in [0.2, 0.25) is 0 Å². The minimum atomic E-state index is -0.544. The Hall–Kier alpha value is -3.24. The topological polar surface area (TPSA) is 35.9 Å². The second-order valence-electron chi connectivity index (χ2n) is 7.82. The van der Waals surface area contributed by atoms with Gasteiger partial charge in [-0.2, -0.15) is 0 Å². The quantitative estimate of drug-likeness (QED) is 0.672. The van der Waals surface area contributed by atoms with Crippen LogP contribution in [0.15, 0.2) is 96.0 Å². The predicted molar refractivity (Wildman–Crippen MR) is 115 cm³/mol. The Morgan fingerprint density at radius 1 is 0.793 bits per heavy atom. The molecule has 3 aromatic rings. The lowest BCUT2D eigenvalue weighted by Gasteiger charge is -2.53. The zero-order chi connectivity index (χ0) is 19.7. The summed E-state index contributed by atoms with van der Waals surface area (Å²) < 4.78 is 0. The molecule has 1 saturated heterocycles. The van der Waals surface area contributed by atoms with E-state index in [2.05, 4.69) is 75.5 Å². The summed E-state index contributed by atoms with van der Waals surface area (Å²) in [6.07, 6.45) is 1.73. The van der Waals surface area contributed by atoms with Crippen molar-refractivity contribution in [2.24, 2.45) is 4.99 Å². The van der Waals surface area contributed by atoms with Gasteiger partial charge in [0.15, 0.2) is 0 Å². The Morgan fingerprint density at radius 2 is 1.31 bits per heavy atom. The lowest BCUT2D eigenvalue weighted by molar-refractivity contribution is -0.137. The van der Waals surface area contributed by atoms with E-state index in [1.807, 2.05) is 30.3 Å². The van der Waals surface area contributed by atoms with E-state index in [-0.39, 0.29) is 11.9 Å². The Morgan fingerprint density at radius 3 is 1.86 bits per heavy atom. The number of hydrogen-bond donors (Lipinski definition) is 0. The number of nitrogens with zero attached hydrogens (tertiary/aromatic N) is 3. The number of carbonyl (C=O) groups is 1. The van der Waals surface area contributed by atoms with E-state index >= 15 is 0 Å². The van der Waals surface area contributed by atoms with Gasteiger partial charge in [-0.25, -0.2) is 4.99 Å². The molecule has 0 aliphatic carbocycles. The van der Waals surface area contributed by atoms with E-state index in [1.165, 1.54) is 16.7 Å². The maximum atomic E-state index is 12.8. The van der Waals surface area contributed by atoms with Crippen LogP contribution < -0.4 is 0 Å². The predicted octanol–water partition coefficient (Wildman–Crippen LogP) is 3.90. The first-order valence-electron chi connectivity index (χ1n) is 9.99. The van der Waals surface area contributed by atoms with Gasteiger partial charge in [0.25, 0.3) is 5.91 Å². The largest absolute Gasteiger partial charge is 0.341 e. The van der Waals surface area contributed by atoms with Crippen LogP contribution in [0, 0.1) is 0 Å². The molecule has 0 radical (unpaired) electrons. The maximum Gasteiger partial charge on any atom is 0.275 e. The van der Waals surface area contributed by atoms with Crippen molar-refractivity contribution in [3.8, 4) is 0 Å². The maximum absolute atomic E-state index is 12.8. The first-order chi connectivity index (χ1) is 14.3. The van der Waals surface area contributed by atoms with Crippen molar-refractivity contribution in [1.29, 1.82) is 0 Å². The van der Waals surface area contributed by atoms with Crippen LogP contribution in [0.2, 0.25) is 0 Å². The van der Waals surface area contributed by atoms with Gasteiger partial charge in [0.1, 0.15) is 5.54 Å². The lowest BCUT2D eigenvalue weighted by Crippen LogP contribution is -2.71. The highest BCUT2D eigenvalue weighted by atomic mass is 16.2. The fraction of sp³-hybridized carbons (Fsp3) is 0.200. The van der Waals surface area contributed by atoms with Crippen molar-refractivity contribution in [3.63, 3.8) is 0 Å². The molecular weight excluding hydrogens is 358 g/mol. The molecule has 0 aromatic heterocycles. The van der Waals surface area contributed by atoms with Crippen LogP contribution in [0.4, 0.5) is 0 Å². The second-order valence-corrected chi connectivity index (χ2v) is 7.82. The molecule has 1 fully saturated rings. The summed E-state index contributed by atoms with van der Waals surface area (Å²) in [6.45, 7) is 2.05. The summed E-state index contributed by atoms with van der Waals surface area (Å²) in [5.41, 5.74) is 3.13. The number of rotatable bonds is 5. The molecule has 0 bridgehead atoms. The molecule has 0 unspecified atom stereocenters. The SMILES string of the molecule is O=C1N=CN(Cc2ccccc2)C12CN(C(c1ccccc1)c1ccccc1)C2. The van der Waals surface area contributed by atoms with Gasteiger partial charge < -0.3 is 4.90 Å². The molecule has 1 spiro atoms. The molecule has 5 rings (SSSR count). The third-order valence-corrected chi connectivity index (χ3v) is 5.98. The van der Waals surface area contributed by atoms with E-state index in [4.69, 9.17) is 0 Å². The van der Waals surface area contributed by atoms with Crippen LogP contribution in [-0.2, 0) is 11.3 Å². The summed E-state index contributed by atoms with van der Waals surface area (Å²) in [5.74, 6) is -0.0236. The van der Waals surface area contributed by atoms with E-state index in [9.17, 15) is 4.79 Å². The number of aliphatic imine (C=N–C) groups is 1. The first-order valence-corrected chi connectivity index (χ1v) is 9.99. The molecule has 1 amide bonds. The molecule has 4 nitrogen and oxygen atoms in total. The zero-order valence-electron chi connectivity index (χ0n) is 16.2. The number of amides is 1. The van der Waals surface area contributed by atoms with Crippen molar-refractivity contribution in [3.05, 3.63) is 108 Å². The summed E-state index contributed by atoms with van der Waals surface area (Å²) in [4.78, 5) is 21.4. The zero-order valence-corrected chi connectivity index (χ0v) is 16.2. The molecule has 4 heteroatoms. The Kier molecular flexibility index (Phi) is 4.49. The monoisotopic (exact) mass is 381 g/mol. The van der Waals surface area contributed by atoms with E-state index in [0.29, 0.717) is 19.6 Å². The van der Waals surface area contributed by atoms with Crippen molar-refractivity contribution in [1.82, 2.24) is 9.80 Å². The van der Waals surface area contributed by atoms with Crippen LogP contribution >= 0.6 is 0 Å². The molecule has 144 valence electrons. The third-order valence-electron chi connectivity index (χ3n) is 5.98. The highest BCUT2D eigenvalue weighted by Gasteiger charge is 2.57. The Bertz CT molecular complexity index is 972. The molecule has 2 aliphatic rings. The Balaban J connectivity index is 1.41. The fourth-order valence-corrected chi connectivity index (χ4v) is 4.46. The summed E-state index contributed by atoms with van der Waals surface area (Å²) in [7, 11) is 0. The van der Waals surface area contributed by atoms with E-state index in [1.54, 1.807) is 6.34 Å². The minimum absolute atomic E-state index is 0.0236. The molecule has 3 aromatic carbocycles. The van der Waals surface area contributed by atoms with Crippen LogP contribution in [0.5, 0.6) is 0 Å². The molecule has 2 aliphatic heterocycles. The highest BCUT2D eigenvalue weighted by molar-refractivity contribution is 6.00. The molecule has 0 saturated carbocycles. The smallest absolute Gasteiger partial charge is 0.275 e. The van der Waals surface area contributed by atoms with Gasteiger partial charge in [-0.1, -0.05) is 91.0 Å². The minimum Gasteiger partial charge on any atom is -0.341 e. The normalized spacial score (nSPS) is 17.8. The van der Waals surface area contributed by atoms with Gasteiger partial charge in [-0.05, 0) is 16.7 Å². The van der Waals surface area contributed by atoms with Gasteiger partial charge in [-0.15, -0.1) is 0 Å². The first kappa shape index (κ1) is 17.8. The number of benzene rings is 3. The summed E-state index contributed by atoms with van der Waals surface area (Å²) >= 11 is 0. The average Bonchev–Trinajstić information content (AvgIpc) is 3.06. The van der Waals surface area contributed by atoms with Gasteiger partial charge in [-0.3, -0.25) is 9.69 Å². The van der Waals surface area contributed by atoms with E-state index < -0.39 is 5.54 Å². The fourth-order valence-electron chi connectivity index (χ4n) is 4.46. The molecule has 0 atom stereocenters. The summed E-state index contributed by atoms with van der Waals surface area (Å²) in [5, 5.41) is 0. The van der Waals surface area contributed by atoms with Crippen molar-refractivity contribution in [2.45, 2.75) is 18.1 Å². The molecule has 2 heterocycles. The number of likely N-dealkylation sites (tertiary alicyclic amines) is 1. The summed E-state index contributed by atoms with van der Waals surface area (Å²) in [6, 6.07) is 31.4. The Labute approximate surface area is 171 Å². The second kappa shape index (κ2) is 7.30. The van der Waals surface area contributed by atoms with Crippen molar-refractivity contribution >= 4 is 12.2 Å². The highest BCUT2D eigenvalue weighted by Crippen LogP contribution is 2.41. The van der Waals surface area contributed by atoms with Gasteiger partial charge in [0, 0.05) is 19.6 Å². The van der Waals surface area contributed by atoms with Crippen LogP contribution in [-0.4, -0.2) is 40.7 Å². The van der Waals surface area contributed by atoms with E-state index in [0.717, 1.165) is 0 Å². The molecule has 29 heavy (non-hydrogen) atoms. The standard InChI is InChI=1S/C25H23N3O/c29-24-25(28(19-26-24)16-20-10-4-1-5-11-20)17-27(18-25)23(21-12-6-2-7-13-21)22-14-8-3-9-15-22/h1-15,19,23H,16-18H2. The van der Waals surface area contributed by atoms with Crippen LogP contribution in [0.1, 0.15) is 22.7 Å². The number of carbonyl (C=O) groups excluding carboxylic acids is 1. The molecule has 0 N–H and O–H groups in total. The van der Waals surface area contributed by atoms with Crippen molar-refractivity contribution in [2.75, 3.05) is 13.1 Å². The van der Waals surface area contributed by atoms with Gasteiger partial charge in [0.05, 0.1) is 12.4 Å². The third kappa shape index (κ3) is 3.15. The number of hydrogen-bond acceptors (Lipinski definition) is 3. The lowest BCUT2D eigenvalue weighted by atomic mass is 9.83. The van der Waals surface area contributed by atoms with Crippen molar-refractivity contribution < 1.29 is 4.79 Å². The molecular formula is C25H23N3O. The van der Waals surface area contributed by atoms with Crippen LogP contribution in [0.3, 0.4) is 0 Å². The van der Waals surface area contributed by atoms with Gasteiger partial charge >= 0.3 is 0 Å². The average molecular weight is 381 g/mol.